The summed E-state index contributed by atoms with van der Waals surface area (Å²) in [6, 6.07) is 12.6. The molecule has 1 heterocycles. The second-order valence-electron chi connectivity index (χ2n) is 3.98. The minimum atomic E-state index is 0.855. The molecule has 1 aromatic heterocycles. The van der Waals surface area contributed by atoms with Gasteiger partial charge >= 0.3 is 0 Å². The van der Waals surface area contributed by atoms with Crippen molar-refractivity contribution in [1.29, 1.82) is 0 Å². The van der Waals surface area contributed by atoms with Crippen LogP contribution in [0.4, 0.5) is 0 Å². The highest BCUT2D eigenvalue weighted by Crippen LogP contribution is 2.10. The molecule has 0 unspecified atom stereocenters. The number of hydrogen-bond donors (Lipinski definition) is 0. The summed E-state index contributed by atoms with van der Waals surface area (Å²) in [6.07, 6.45) is 0.855. The second kappa shape index (κ2) is 5.89. The first-order valence-electron chi connectivity index (χ1n) is 6.11. The highest BCUT2D eigenvalue weighted by molar-refractivity contribution is 5.75. The Balaban J connectivity index is 2.56. The molecule has 0 aliphatic carbocycles. The van der Waals surface area contributed by atoms with Gasteiger partial charge in [-0.05, 0) is 26.0 Å². The zero-order valence-corrected chi connectivity index (χ0v) is 10.8. The molecule has 0 aliphatic rings. The van der Waals surface area contributed by atoms with Crippen LogP contribution in [0.2, 0.25) is 0 Å². The number of aromatic nitrogens is 1. The van der Waals surface area contributed by atoms with Gasteiger partial charge in [-0.25, -0.2) is 0 Å². The Morgan fingerprint density at radius 1 is 1.00 bits per heavy atom. The summed E-state index contributed by atoms with van der Waals surface area (Å²) in [5, 5.41) is 1.24. The summed E-state index contributed by atoms with van der Waals surface area (Å²) in [5.41, 5.74) is 2.27. The highest BCUT2D eigenvalue weighted by Gasteiger charge is 2.12. The molecule has 88 valence electrons. The van der Waals surface area contributed by atoms with Gasteiger partial charge in [-0.1, -0.05) is 24.0 Å². The molecule has 0 N–H and O–H groups in total. The Hall–Kier alpha value is -2.25. The van der Waals surface area contributed by atoms with Crippen LogP contribution in [0, 0.1) is 23.7 Å². The molecule has 18 heavy (non-hydrogen) atoms. The Morgan fingerprint density at radius 3 is 2.61 bits per heavy atom. The van der Waals surface area contributed by atoms with Crippen LogP contribution >= 0.6 is 0 Å². The summed E-state index contributed by atoms with van der Waals surface area (Å²) in [5.74, 6) is 12.2. The number of fused-ring (bicyclic) bond motifs is 1. The predicted octanol–water partition coefficient (Wildman–Crippen LogP) is 2.91. The van der Waals surface area contributed by atoms with Gasteiger partial charge in [0.25, 0.3) is 5.69 Å². The smallest absolute Gasteiger partial charge is 0.183 e. The third-order valence-corrected chi connectivity index (χ3v) is 2.83. The number of aryl methyl sites for hydroxylation is 1. The van der Waals surface area contributed by atoms with Crippen LogP contribution in [0.15, 0.2) is 36.4 Å². The molecule has 0 saturated carbocycles. The number of rotatable bonds is 2. The molecule has 0 radical (unpaired) electrons. The van der Waals surface area contributed by atoms with E-state index >= 15 is 0 Å². The SMILES string of the molecule is CC#CCC[n+]1c(C#CC)ccc2ccccc21. The standard InChI is InChI=1S/C17H16N/c1-3-5-8-14-18-16(9-4-2)13-12-15-10-6-7-11-17(15)18/h6-7,10-13H,8,14H2,1-2H3/q+1. The van der Waals surface area contributed by atoms with Crippen LogP contribution in [-0.4, -0.2) is 0 Å². The Kier molecular flexibility index (Phi) is 4.00. The third kappa shape index (κ3) is 2.53. The minimum Gasteiger partial charge on any atom is -0.183 e. The summed E-state index contributed by atoms with van der Waals surface area (Å²) in [7, 11) is 0. The lowest BCUT2D eigenvalue weighted by molar-refractivity contribution is -0.672. The molecule has 1 heteroatoms. The molecule has 0 spiro atoms. The third-order valence-electron chi connectivity index (χ3n) is 2.83. The van der Waals surface area contributed by atoms with Gasteiger partial charge in [-0.15, -0.1) is 5.92 Å². The first-order chi connectivity index (χ1) is 8.86. The summed E-state index contributed by atoms with van der Waals surface area (Å²) >= 11 is 0. The number of nitrogens with zero attached hydrogens (tertiary/aromatic N) is 1. The average Bonchev–Trinajstić information content (AvgIpc) is 2.41. The topological polar surface area (TPSA) is 3.88 Å². The molecule has 0 atom stereocenters. The fourth-order valence-electron chi connectivity index (χ4n) is 2.03. The van der Waals surface area contributed by atoms with Crippen molar-refractivity contribution >= 4 is 10.9 Å². The van der Waals surface area contributed by atoms with E-state index < -0.39 is 0 Å². The van der Waals surface area contributed by atoms with Crippen LogP contribution in [0.3, 0.4) is 0 Å². The highest BCUT2D eigenvalue weighted by atomic mass is 15.0. The largest absolute Gasteiger partial charge is 0.257 e. The molecule has 0 aliphatic heterocycles. The van der Waals surface area contributed by atoms with Crippen LogP contribution in [0.25, 0.3) is 10.9 Å². The molecule has 0 amide bonds. The second-order valence-corrected chi connectivity index (χ2v) is 3.98. The lowest BCUT2D eigenvalue weighted by Crippen LogP contribution is -2.38. The van der Waals surface area contributed by atoms with Crippen molar-refractivity contribution in [2.45, 2.75) is 26.8 Å². The van der Waals surface area contributed by atoms with Crippen molar-refractivity contribution in [2.75, 3.05) is 0 Å². The van der Waals surface area contributed by atoms with Gasteiger partial charge in [-0.2, -0.15) is 4.57 Å². The summed E-state index contributed by atoms with van der Waals surface area (Å²) in [4.78, 5) is 0. The van der Waals surface area contributed by atoms with Crippen molar-refractivity contribution in [2.24, 2.45) is 0 Å². The van der Waals surface area contributed by atoms with E-state index in [1.807, 2.05) is 13.8 Å². The van der Waals surface area contributed by atoms with Gasteiger partial charge in [0.15, 0.2) is 6.54 Å². The quantitative estimate of drug-likeness (QED) is 0.555. The van der Waals surface area contributed by atoms with E-state index in [2.05, 4.69) is 64.6 Å². The van der Waals surface area contributed by atoms with Crippen LogP contribution in [-0.2, 0) is 6.54 Å². The first-order valence-corrected chi connectivity index (χ1v) is 6.11. The van der Waals surface area contributed by atoms with E-state index in [1.165, 1.54) is 10.9 Å². The van der Waals surface area contributed by atoms with Crippen LogP contribution < -0.4 is 4.57 Å². The monoisotopic (exact) mass is 234 g/mol. The molecular weight excluding hydrogens is 218 g/mol. The van der Waals surface area contributed by atoms with E-state index in [0.29, 0.717) is 0 Å². The Morgan fingerprint density at radius 2 is 1.83 bits per heavy atom. The van der Waals surface area contributed by atoms with Crippen molar-refractivity contribution in [1.82, 2.24) is 0 Å². The van der Waals surface area contributed by atoms with Crippen LogP contribution in [0.1, 0.15) is 26.0 Å². The average molecular weight is 234 g/mol. The van der Waals surface area contributed by atoms with Gasteiger partial charge in [-0.3, -0.25) is 0 Å². The molecule has 0 bridgehead atoms. The Labute approximate surface area is 108 Å². The lowest BCUT2D eigenvalue weighted by Gasteiger charge is -2.02. The maximum absolute atomic E-state index is 3.16. The maximum Gasteiger partial charge on any atom is 0.257 e. The van der Waals surface area contributed by atoms with Gasteiger partial charge in [0.2, 0.25) is 5.52 Å². The van der Waals surface area contributed by atoms with E-state index in [0.717, 1.165) is 18.7 Å². The van der Waals surface area contributed by atoms with Crippen molar-refractivity contribution < 1.29 is 4.57 Å². The first kappa shape index (κ1) is 12.2. The number of para-hydroxylation sites is 1. The normalized spacial score (nSPS) is 9.22. The molecular formula is C17H16N+. The molecule has 2 aromatic rings. The predicted molar refractivity (Wildman–Crippen MR) is 74.8 cm³/mol. The van der Waals surface area contributed by atoms with Gasteiger partial charge in [0.05, 0.1) is 6.42 Å². The zero-order chi connectivity index (χ0) is 12.8. The zero-order valence-electron chi connectivity index (χ0n) is 10.8. The number of benzene rings is 1. The molecule has 2 rings (SSSR count). The van der Waals surface area contributed by atoms with Crippen molar-refractivity contribution in [3.63, 3.8) is 0 Å². The maximum atomic E-state index is 3.16. The number of hydrogen-bond acceptors (Lipinski definition) is 0. The molecule has 1 aromatic carbocycles. The van der Waals surface area contributed by atoms with Crippen LogP contribution in [0.5, 0.6) is 0 Å². The molecule has 0 fully saturated rings. The lowest BCUT2D eigenvalue weighted by atomic mass is 10.2. The molecule has 0 saturated heterocycles. The Bertz CT molecular complexity index is 675. The van der Waals surface area contributed by atoms with Crippen molar-refractivity contribution in [3.8, 4) is 23.7 Å². The number of pyridine rings is 1. The van der Waals surface area contributed by atoms with Gasteiger partial charge in [0.1, 0.15) is 0 Å². The summed E-state index contributed by atoms with van der Waals surface area (Å²) < 4.78 is 2.25. The fraction of sp³-hybridized carbons (Fsp3) is 0.235. The van der Waals surface area contributed by atoms with Gasteiger partial charge in [0, 0.05) is 23.4 Å². The van der Waals surface area contributed by atoms with E-state index in [9.17, 15) is 0 Å². The van der Waals surface area contributed by atoms with Gasteiger partial charge < -0.3 is 0 Å². The van der Waals surface area contributed by atoms with E-state index in [-0.39, 0.29) is 0 Å². The van der Waals surface area contributed by atoms with Crippen molar-refractivity contribution in [3.05, 3.63) is 42.1 Å². The van der Waals surface area contributed by atoms with E-state index in [1.54, 1.807) is 0 Å². The minimum absolute atomic E-state index is 0.855. The summed E-state index contributed by atoms with van der Waals surface area (Å²) in [6.45, 7) is 4.62. The fourth-order valence-corrected chi connectivity index (χ4v) is 2.03. The molecule has 1 nitrogen and oxygen atoms in total. The van der Waals surface area contributed by atoms with E-state index in [4.69, 9.17) is 0 Å².